The van der Waals surface area contributed by atoms with Gasteiger partial charge in [0.1, 0.15) is 12.2 Å². The van der Waals surface area contributed by atoms with E-state index in [1.165, 1.54) is 56.0 Å². The molecule has 3 aromatic carbocycles. The van der Waals surface area contributed by atoms with Crippen LogP contribution in [0.1, 0.15) is 33.4 Å². The van der Waals surface area contributed by atoms with Gasteiger partial charge in [0, 0.05) is 34.9 Å². The van der Waals surface area contributed by atoms with Gasteiger partial charge in [-0.2, -0.15) is 0 Å². The second-order valence-electron chi connectivity index (χ2n) is 10.0. The topological polar surface area (TPSA) is 11.3 Å². The number of carbonyl (C=O) groups excluding carboxylic acids is 1. The number of fused-ring (bicyclic) bond motifs is 3. The normalized spacial score (nSPS) is 18.1. The number of allylic oxidation sites excluding steroid dienone is 7. The molecule has 3 aliphatic rings. The van der Waals surface area contributed by atoms with Crippen molar-refractivity contribution in [3.05, 3.63) is 142 Å². The molecule has 0 unspecified atom stereocenters. The Morgan fingerprint density at radius 3 is 1.28 bits per heavy atom. The van der Waals surface area contributed by atoms with Gasteiger partial charge in [-0.3, -0.25) is 0 Å². The van der Waals surface area contributed by atoms with Crippen LogP contribution in [0.3, 0.4) is 0 Å². The molecule has 0 saturated heterocycles. The summed E-state index contributed by atoms with van der Waals surface area (Å²) in [6, 6.07) is 26.1. The summed E-state index contributed by atoms with van der Waals surface area (Å²) in [6.45, 7) is 0. The van der Waals surface area contributed by atoms with Crippen molar-refractivity contribution in [3.8, 4) is 0 Å². The summed E-state index contributed by atoms with van der Waals surface area (Å²) in [4.78, 5) is 0. The summed E-state index contributed by atoms with van der Waals surface area (Å²) in [6.07, 6.45) is 15.2. The number of hydrogen-bond donors (Lipinski definition) is 0. The van der Waals surface area contributed by atoms with Crippen LogP contribution in [0.2, 0.25) is 0 Å². The fourth-order valence-corrected chi connectivity index (χ4v) is 4.82. The van der Waals surface area contributed by atoms with E-state index in [2.05, 4.69) is 103 Å². The molecule has 0 saturated carbocycles. The number of ketones is 1. The van der Waals surface area contributed by atoms with Gasteiger partial charge in [-0.25, -0.2) is 4.42 Å². The Morgan fingerprint density at radius 1 is 0.500 bits per heavy atom. The molecule has 0 amide bonds. The molecular formula is C31H22F12OSb2. The van der Waals surface area contributed by atoms with Gasteiger partial charge in [0.2, 0.25) is 0 Å². The van der Waals surface area contributed by atoms with Crippen molar-refractivity contribution in [3.63, 3.8) is 0 Å². The number of benzene rings is 3. The van der Waals surface area contributed by atoms with Gasteiger partial charge in [-0.15, -0.1) is 0 Å². The fraction of sp³-hybridized carbons (Fsp3) is 0.0323. The number of rotatable bonds is 1. The quantitative estimate of drug-likeness (QED) is 0.0781. The minimum absolute atomic E-state index is 0.872. The van der Waals surface area contributed by atoms with Crippen molar-refractivity contribution >= 4 is 73.6 Å². The van der Waals surface area contributed by atoms with Crippen LogP contribution in [-0.2, 0) is 4.42 Å². The minimum atomic E-state index is -11.2. The van der Waals surface area contributed by atoms with Gasteiger partial charge in [0.25, 0.3) is 7.11 Å². The molecule has 0 heterocycles. The average molecular weight is 882 g/mol. The predicted molar refractivity (Wildman–Crippen MR) is 159 cm³/mol. The SMILES string of the molecule is C[O+]=C1C=C[C+](C2=CC(=C3c4ccccc4C=Cc4ccccc43)c3ccccc32)C=C1.[F][Sb-]([F])([F])([F])([F])[F].[F][Sb-]([F])([F])([F])([F])[F]. The molecule has 46 heavy (non-hydrogen) atoms. The standard InChI is InChI=1S/C31H22O.12FH.2Sb/c1-32-24-18-16-23(17-19-24)29-20-30(28-13-7-6-12-27(28)29)31-25-10-4-2-8-21(25)14-15-22-9-3-5-11-26(22)31;;;;;;;;;;;;;;/h2-20H,1H3;12*1H;;/q+2;;;;;;;;;;;;;2*+5/p-12. The van der Waals surface area contributed by atoms with Crippen LogP contribution in [0.25, 0.3) is 28.9 Å². The molecule has 0 aliphatic heterocycles. The third-order valence-corrected chi connectivity index (χ3v) is 6.37. The van der Waals surface area contributed by atoms with E-state index in [0.29, 0.717) is 0 Å². The van der Waals surface area contributed by atoms with E-state index in [0.717, 1.165) is 5.78 Å². The molecule has 3 aliphatic carbocycles. The summed E-state index contributed by atoms with van der Waals surface area (Å²) in [5.74, 6) is 2.07. The molecule has 6 rings (SSSR count). The van der Waals surface area contributed by atoms with Crippen molar-refractivity contribution in [2.24, 2.45) is 0 Å². The van der Waals surface area contributed by atoms with Crippen molar-refractivity contribution in [1.29, 1.82) is 0 Å². The zero-order valence-electron chi connectivity index (χ0n) is 23.3. The molecule has 0 aromatic heterocycles. The summed E-state index contributed by atoms with van der Waals surface area (Å²) in [7, 11) is 1.71. The Hall–Kier alpha value is -3.30. The predicted octanol–water partition coefficient (Wildman–Crippen LogP) is 11.2. The molecule has 1 nitrogen and oxygen atoms in total. The maximum atomic E-state index is 9.93. The van der Waals surface area contributed by atoms with Gasteiger partial charge in [0.05, 0.1) is 17.1 Å². The van der Waals surface area contributed by atoms with Crippen LogP contribution < -0.4 is 0 Å². The van der Waals surface area contributed by atoms with Crippen molar-refractivity contribution in [2.75, 3.05) is 7.11 Å². The first-order chi connectivity index (χ1) is 20.7. The van der Waals surface area contributed by atoms with E-state index in [-0.39, 0.29) is 0 Å². The molecule has 0 N–H and O–H groups in total. The Kier molecular flexibility index (Phi) is 8.40. The summed E-state index contributed by atoms with van der Waals surface area (Å²) < 4.78 is 124. The van der Waals surface area contributed by atoms with Crippen LogP contribution in [0, 0.1) is 5.92 Å². The first-order valence-electron chi connectivity index (χ1n) is 12.9. The van der Waals surface area contributed by atoms with Crippen molar-refractivity contribution < 1.29 is 38.2 Å². The van der Waals surface area contributed by atoms with Crippen LogP contribution in [0.4, 0.5) is 33.8 Å². The molecule has 0 atom stereocenters. The van der Waals surface area contributed by atoms with E-state index in [9.17, 15) is 33.8 Å². The number of hydrogen-bond acceptors (Lipinski definition) is 0. The van der Waals surface area contributed by atoms with Gasteiger partial charge in [-0.1, -0.05) is 72.8 Å². The Balaban J connectivity index is 0.000000289. The molecule has 3 aromatic rings. The number of halogens is 12. The summed E-state index contributed by atoms with van der Waals surface area (Å²) in [5, 5.41) is 0. The van der Waals surface area contributed by atoms with Crippen molar-refractivity contribution in [2.45, 2.75) is 0 Å². The zero-order valence-corrected chi connectivity index (χ0v) is 28.4. The third-order valence-electron chi connectivity index (χ3n) is 6.37. The molecule has 246 valence electrons. The van der Waals surface area contributed by atoms with Gasteiger partial charge >= 0.3 is 78.5 Å². The molecule has 0 bridgehead atoms. The second kappa shape index (κ2) is 10.9. The summed E-state index contributed by atoms with van der Waals surface area (Å²) in [5.41, 5.74) is 11.4. The van der Waals surface area contributed by atoms with Gasteiger partial charge in [-0.05, 0) is 34.4 Å². The second-order valence-corrected chi connectivity index (χ2v) is 21.0. The van der Waals surface area contributed by atoms with E-state index in [1.807, 2.05) is 12.2 Å². The summed E-state index contributed by atoms with van der Waals surface area (Å²) >= 11 is -22.5. The van der Waals surface area contributed by atoms with Crippen molar-refractivity contribution in [1.82, 2.24) is 0 Å². The van der Waals surface area contributed by atoms with Gasteiger partial charge in [0.15, 0.2) is 0 Å². The van der Waals surface area contributed by atoms with E-state index in [4.69, 9.17) is 4.42 Å². The molecule has 15 heteroatoms. The third kappa shape index (κ3) is 11.5. The average Bonchev–Trinajstić information content (AvgIpc) is 3.20. The van der Waals surface area contributed by atoms with Gasteiger partial charge < -0.3 is 0 Å². The molecule has 0 radical (unpaired) electrons. The van der Waals surface area contributed by atoms with Crippen LogP contribution in [0.15, 0.2) is 103 Å². The Morgan fingerprint density at radius 2 is 0.870 bits per heavy atom. The molecular weight excluding hydrogens is 860 g/mol. The molecule has 0 fully saturated rings. The monoisotopic (exact) mass is 880 g/mol. The van der Waals surface area contributed by atoms with Crippen LogP contribution in [-0.4, -0.2) is 51.8 Å². The van der Waals surface area contributed by atoms with E-state index >= 15 is 0 Å². The van der Waals surface area contributed by atoms with Crippen LogP contribution >= 0.6 is 0 Å². The fourth-order valence-electron chi connectivity index (χ4n) is 4.82. The first kappa shape index (κ1) is 35.5. The Labute approximate surface area is 260 Å². The zero-order chi connectivity index (χ0) is 34.3. The van der Waals surface area contributed by atoms with E-state index in [1.54, 1.807) is 7.11 Å². The van der Waals surface area contributed by atoms with E-state index < -0.39 is 39.0 Å². The first-order valence-corrected chi connectivity index (χ1v) is 24.5. The maximum absolute atomic E-state index is 11.2. The molecule has 0 spiro atoms. The Bertz CT molecular complexity index is 1760. The van der Waals surface area contributed by atoms with Crippen LogP contribution in [0.5, 0.6) is 0 Å².